The Labute approximate surface area is 141 Å². The molecule has 6 nitrogen and oxygen atoms in total. The highest BCUT2D eigenvalue weighted by Gasteiger charge is 2.35. The highest BCUT2D eigenvalue weighted by Crippen LogP contribution is 2.41. The van der Waals surface area contributed by atoms with Crippen LogP contribution in [0, 0.1) is 18.3 Å². The minimum Gasteiger partial charge on any atom is -0.422 e. The third-order valence-electron chi connectivity index (χ3n) is 3.48. The van der Waals surface area contributed by atoms with Crippen molar-refractivity contribution in [3.63, 3.8) is 0 Å². The summed E-state index contributed by atoms with van der Waals surface area (Å²) in [6, 6.07) is 6.79. The van der Waals surface area contributed by atoms with E-state index in [9.17, 15) is 10.1 Å². The Morgan fingerprint density at radius 3 is 2.83 bits per heavy atom. The number of aryl methyl sites for hydroxylation is 1. The zero-order valence-corrected chi connectivity index (χ0v) is 13.4. The monoisotopic (exact) mass is 348 g/mol. The van der Waals surface area contributed by atoms with Gasteiger partial charge in [-0.2, -0.15) is 10.2 Å². The van der Waals surface area contributed by atoms with Gasteiger partial charge in [0.1, 0.15) is 17.5 Å². The second-order valence-corrected chi connectivity index (χ2v) is 5.80. The molecule has 0 bridgehead atoms. The average molecular weight is 349 g/mol. The summed E-state index contributed by atoms with van der Waals surface area (Å²) in [5, 5.41) is 10.2. The molecule has 1 aromatic carbocycles. The Kier molecular flexibility index (Phi) is 3.76. The molecule has 1 aromatic heterocycles. The highest BCUT2D eigenvalue weighted by atomic mass is 35.5. The van der Waals surface area contributed by atoms with Gasteiger partial charge in [-0.3, -0.25) is 4.79 Å². The van der Waals surface area contributed by atoms with Crippen molar-refractivity contribution < 1.29 is 4.74 Å². The number of hydrogen-bond donors (Lipinski definition) is 2. The van der Waals surface area contributed by atoms with Gasteiger partial charge in [0.25, 0.3) is 5.56 Å². The van der Waals surface area contributed by atoms with E-state index in [-0.39, 0.29) is 22.9 Å². The number of H-pyrrole nitrogens is 1. The summed E-state index contributed by atoms with van der Waals surface area (Å²) < 4.78 is 5.35. The molecular weight excluding hydrogens is 339 g/mol. The number of halogens is 2. The molecule has 1 atom stereocenters. The molecule has 0 amide bonds. The predicted molar refractivity (Wildman–Crippen MR) is 85.4 cm³/mol. The first-order chi connectivity index (χ1) is 10.9. The minimum absolute atomic E-state index is 0.0683. The zero-order chi connectivity index (χ0) is 16.7. The van der Waals surface area contributed by atoms with Crippen LogP contribution < -0.4 is 16.0 Å². The van der Waals surface area contributed by atoms with Gasteiger partial charge in [0.05, 0.1) is 11.5 Å². The number of fused-ring (bicyclic) bond motifs is 1. The third-order valence-corrected chi connectivity index (χ3v) is 4.04. The first-order valence-corrected chi connectivity index (χ1v) is 7.31. The van der Waals surface area contributed by atoms with E-state index in [2.05, 4.69) is 9.97 Å². The van der Waals surface area contributed by atoms with Gasteiger partial charge in [0.2, 0.25) is 11.8 Å². The van der Waals surface area contributed by atoms with Crippen molar-refractivity contribution in [1.82, 2.24) is 9.97 Å². The lowest BCUT2D eigenvalue weighted by Crippen LogP contribution is -2.29. The molecule has 3 rings (SSSR count). The van der Waals surface area contributed by atoms with Crippen LogP contribution in [-0.4, -0.2) is 9.97 Å². The van der Waals surface area contributed by atoms with Gasteiger partial charge in [0, 0.05) is 10.0 Å². The van der Waals surface area contributed by atoms with E-state index in [0.29, 0.717) is 21.4 Å². The Bertz CT molecular complexity index is 943. The number of aromatic amines is 1. The van der Waals surface area contributed by atoms with Crippen molar-refractivity contribution >= 4 is 23.2 Å². The van der Waals surface area contributed by atoms with Gasteiger partial charge in [-0.15, -0.1) is 0 Å². The van der Waals surface area contributed by atoms with E-state index in [1.807, 2.05) is 6.07 Å². The molecule has 0 saturated carbocycles. The fraction of sp³-hybridized carbons (Fsp3) is 0.133. The average Bonchev–Trinajstić information content (AvgIpc) is 2.45. The molecule has 3 N–H and O–H groups in total. The van der Waals surface area contributed by atoms with Crippen LogP contribution in [0.5, 0.6) is 5.88 Å². The second kappa shape index (κ2) is 5.61. The Hall–Kier alpha value is -2.49. The molecule has 0 radical (unpaired) electrons. The molecule has 8 heteroatoms. The maximum atomic E-state index is 12.4. The maximum absolute atomic E-state index is 12.4. The Morgan fingerprint density at radius 1 is 1.43 bits per heavy atom. The molecule has 0 aliphatic carbocycles. The number of hydrogen-bond acceptors (Lipinski definition) is 5. The smallest absolute Gasteiger partial charge is 0.258 e. The van der Waals surface area contributed by atoms with Crippen molar-refractivity contribution in [3.8, 4) is 11.9 Å². The third kappa shape index (κ3) is 2.54. The van der Waals surface area contributed by atoms with Crippen molar-refractivity contribution in [2.45, 2.75) is 12.8 Å². The zero-order valence-electron chi connectivity index (χ0n) is 11.9. The highest BCUT2D eigenvalue weighted by molar-refractivity contribution is 6.35. The number of aromatic nitrogens is 2. The largest absolute Gasteiger partial charge is 0.422 e. The van der Waals surface area contributed by atoms with Gasteiger partial charge >= 0.3 is 0 Å². The van der Waals surface area contributed by atoms with E-state index < -0.39 is 11.5 Å². The van der Waals surface area contributed by atoms with Gasteiger partial charge in [-0.05, 0) is 24.6 Å². The number of nitrogens with zero attached hydrogens (tertiary/aromatic N) is 2. The molecule has 0 fully saturated rings. The summed E-state index contributed by atoms with van der Waals surface area (Å²) in [5.41, 5.74) is 6.22. The first-order valence-electron chi connectivity index (χ1n) is 6.55. The molecular formula is C15H10Cl2N4O2. The summed E-state index contributed by atoms with van der Waals surface area (Å²) in [6.45, 7) is 1.62. The summed E-state index contributed by atoms with van der Waals surface area (Å²) in [5.74, 6) is -0.430. The van der Waals surface area contributed by atoms with Crippen molar-refractivity contribution in [1.29, 1.82) is 5.26 Å². The Morgan fingerprint density at radius 2 is 2.17 bits per heavy atom. The normalized spacial score (nSPS) is 16.5. The van der Waals surface area contributed by atoms with Crippen LogP contribution in [0.15, 0.2) is 34.4 Å². The molecule has 23 heavy (non-hydrogen) atoms. The van der Waals surface area contributed by atoms with Crippen molar-refractivity contribution in [2.24, 2.45) is 5.73 Å². The lowest BCUT2D eigenvalue weighted by Gasteiger charge is -2.25. The molecule has 1 aliphatic rings. The quantitative estimate of drug-likeness (QED) is 0.823. The number of allylic oxidation sites excluding steroid dienone is 1. The van der Waals surface area contributed by atoms with Gasteiger partial charge in [-0.1, -0.05) is 29.3 Å². The molecule has 2 aromatic rings. The van der Waals surface area contributed by atoms with Gasteiger partial charge in [0.15, 0.2) is 0 Å². The van der Waals surface area contributed by atoms with Crippen LogP contribution in [0.25, 0.3) is 0 Å². The molecule has 0 spiro atoms. The van der Waals surface area contributed by atoms with Crippen LogP contribution in [0.1, 0.15) is 22.9 Å². The van der Waals surface area contributed by atoms with E-state index in [0.717, 1.165) is 0 Å². The molecule has 0 saturated heterocycles. The molecule has 1 aliphatic heterocycles. The standard InChI is InChI=1S/C15H10Cl2N4O2/c1-6-20-14(22)12-11(8-3-2-7(16)4-10(8)17)9(5-18)13(19)23-15(12)21-6/h2-4,11H,19H2,1H3,(H,20,21,22)/t11-/m0/s1. The maximum Gasteiger partial charge on any atom is 0.258 e. The lowest BCUT2D eigenvalue weighted by molar-refractivity contribution is 0.373. The van der Waals surface area contributed by atoms with E-state index in [4.69, 9.17) is 33.7 Å². The summed E-state index contributed by atoms with van der Waals surface area (Å²) >= 11 is 12.2. The van der Waals surface area contributed by atoms with E-state index in [1.165, 1.54) is 6.07 Å². The topological polar surface area (TPSA) is 105 Å². The first kappa shape index (κ1) is 15.4. The van der Waals surface area contributed by atoms with Crippen molar-refractivity contribution in [3.05, 3.63) is 67.0 Å². The number of nitriles is 1. The summed E-state index contributed by atoms with van der Waals surface area (Å²) in [7, 11) is 0. The minimum atomic E-state index is -0.773. The fourth-order valence-electron chi connectivity index (χ4n) is 2.51. The predicted octanol–water partition coefficient (Wildman–Crippen LogP) is 2.60. The number of ether oxygens (including phenoxy) is 1. The summed E-state index contributed by atoms with van der Waals surface area (Å²) in [4.78, 5) is 19.1. The molecule has 2 heterocycles. The van der Waals surface area contributed by atoms with Crippen LogP contribution in [-0.2, 0) is 0 Å². The van der Waals surface area contributed by atoms with Crippen LogP contribution in [0.3, 0.4) is 0 Å². The number of rotatable bonds is 1. The van der Waals surface area contributed by atoms with Gasteiger partial charge < -0.3 is 15.5 Å². The molecule has 0 unspecified atom stereocenters. The fourth-order valence-corrected chi connectivity index (χ4v) is 3.03. The molecule has 116 valence electrons. The second-order valence-electron chi connectivity index (χ2n) is 4.96. The number of benzene rings is 1. The Balaban J connectivity index is 2.34. The van der Waals surface area contributed by atoms with E-state index >= 15 is 0 Å². The number of nitrogens with two attached hydrogens (primary N) is 1. The van der Waals surface area contributed by atoms with Crippen LogP contribution >= 0.6 is 23.2 Å². The van der Waals surface area contributed by atoms with E-state index in [1.54, 1.807) is 19.1 Å². The lowest BCUT2D eigenvalue weighted by atomic mass is 9.85. The van der Waals surface area contributed by atoms with Crippen LogP contribution in [0.2, 0.25) is 10.0 Å². The van der Waals surface area contributed by atoms with Crippen molar-refractivity contribution in [2.75, 3.05) is 0 Å². The SMILES string of the molecule is Cc1nc2c(c(=O)[nH]1)[C@@H](c1ccc(Cl)cc1Cl)C(C#N)=C(N)O2. The number of nitrogens with one attached hydrogen (secondary N) is 1. The van der Waals surface area contributed by atoms with Gasteiger partial charge in [-0.25, -0.2) is 0 Å². The summed E-state index contributed by atoms with van der Waals surface area (Å²) in [6.07, 6.45) is 0. The van der Waals surface area contributed by atoms with Crippen LogP contribution in [0.4, 0.5) is 0 Å².